The molecule has 0 aromatic carbocycles. The SMILES string of the molecule is NCc1cc(S(=O)(=O)NCCC2CCCCC2)c[nH]1. The number of rotatable bonds is 6. The zero-order chi connectivity index (χ0) is 13.7. The molecule has 1 aromatic heterocycles. The second-order valence-corrected chi connectivity index (χ2v) is 7.02. The van der Waals surface area contributed by atoms with E-state index in [1.54, 1.807) is 6.07 Å². The Morgan fingerprint density at radius 1 is 1.32 bits per heavy atom. The quantitative estimate of drug-likeness (QED) is 0.743. The number of H-pyrrole nitrogens is 1. The highest BCUT2D eigenvalue weighted by molar-refractivity contribution is 7.89. The Hall–Kier alpha value is -0.850. The van der Waals surface area contributed by atoms with E-state index in [4.69, 9.17) is 5.73 Å². The predicted octanol–water partition coefficient (Wildman–Crippen LogP) is 1.72. The van der Waals surface area contributed by atoms with Crippen LogP contribution in [0.25, 0.3) is 0 Å². The molecule has 5 nitrogen and oxygen atoms in total. The van der Waals surface area contributed by atoms with Crippen LogP contribution in [0.1, 0.15) is 44.2 Å². The fourth-order valence-corrected chi connectivity index (χ4v) is 3.71. The number of nitrogens with one attached hydrogen (secondary N) is 2. The zero-order valence-corrected chi connectivity index (χ0v) is 12.0. The van der Waals surface area contributed by atoms with Gasteiger partial charge in [-0.2, -0.15) is 0 Å². The molecule has 0 spiro atoms. The Labute approximate surface area is 115 Å². The molecule has 1 saturated carbocycles. The summed E-state index contributed by atoms with van der Waals surface area (Å²) in [5, 5.41) is 0. The summed E-state index contributed by atoms with van der Waals surface area (Å²) in [6.45, 7) is 0.841. The molecule has 0 radical (unpaired) electrons. The lowest BCUT2D eigenvalue weighted by Crippen LogP contribution is -2.26. The highest BCUT2D eigenvalue weighted by atomic mass is 32.2. The Kier molecular flexibility index (Phi) is 5.01. The van der Waals surface area contributed by atoms with Gasteiger partial charge in [-0.15, -0.1) is 0 Å². The molecular weight excluding hydrogens is 262 g/mol. The maximum Gasteiger partial charge on any atom is 0.242 e. The van der Waals surface area contributed by atoms with Crippen LogP contribution >= 0.6 is 0 Å². The van der Waals surface area contributed by atoms with E-state index in [2.05, 4.69) is 9.71 Å². The van der Waals surface area contributed by atoms with E-state index in [1.807, 2.05) is 0 Å². The van der Waals surface area contributed by atoms with Gasteiger partial charge in [0.05, 0.1) is 4.90 Å². The van der Waals surface area contributed by atoms with Crippen molar-refractivity contribution in [3.05, 3.63) is 18.0 Å². The highest BCUT2D eigenvalue weighted by Gasteiger charge is 2.17. The summed E-state index contributed by atoms with van der Waals surface area (Å²) in [5.74, 6) is 0.683. The second-order valence-electron chi connectivity index (χ2n) is 5.26. The number of hydrogen-bond donors (Lipinski definition) is 3. The fraction of sp³-hybridized carbons (Fsp3) is 0.692. The number of hydrogen-bond acceptors (Lipinski definition) is 3. The molecule has 0 unspecified atom stereocenters. The summed E-state index contributed by atoms with van der Waals surface area (Å²) in [6, 6.07) is 1.59. The topological polar surface area (TPSA) is 88.0 Å². The van der Waals surface area contributed by atoms with Crippen LogP contribution in [-0.2, 0) is 16.6 Å². The predicted molar refractivity (Wildman–Crippen MR) is 75.1 cm³/mol. The molecule has 1 aliphatic carbocycles. The zero-order valence-electron chi connectivity index (χ0n) is 11.2. The van der Waals surface area contributed by atoms with Crippen molar-refractivity contribution >= 4 is 10.0 Å². The summed E-state index contributed by atoms with van der Waals surface area (Å²) in [5.41, 5.74) is 6.19. The summed E-state index contributed by atoms with van der Waals surface area (Å²) < 4.78 is 26.7. The molecule has 1 aromatic rings. The molecule has 19 heavy (non-hydrogen) atoms. The third kappa shape index (κ3) is 4.06. The molecule has 0 amide bonds. The Morgan fingerprint density at radius 3 is 2.68 bits per heavy atom. The minimum absolute atomic E-state index is 0.275. The van der Waals surface area contributed by atoms with E-state index in [9.17, 15) is 8.42 Å². The first-order valence-electron chi connectivity index (χ1n) is 6.99. The molecule has 0 atom stereocenters. The van der Waals surface area contributed by atoms with Gasteiger partial charge in [-0.05, 0) is 18.4 Å². The molecule has 4 N–H and O–H groups in total. The molecule has 1 heterocycles. The van der Waals surface area contributed by atoms with Crippen LogP contribution in [0.5, 0.6) is 0 Å². The molecular formula is C13H23N3O2S. The molecule has 108 valence electrons. The highest BCUT2D eigenvalue weighted by Crippen LogP contribution is 2.25. The number of aromatic nitrogens is 1. The van der Waals surface area contributed by atoms with Crippen molar-refractivity contribution in [2.45, 2.75) is 50.0 Å². The van der Waals surface area contributed by atoms with Crippen molar-refractivity contribution in [2.24, 2.45) is 11.7 Å². The van der Waals surface area contributed by atoms with Crippen molar-refractivity contribution in [1.82, 2.24) is 9.71 Å². The summed E-state index contributed by atoms with van der Waals surface area (Å²) in [6.07, 6.45) is 8.81. The van der Waals surface area contributed by atoms with Gasteiger partial charge < -0.3 is 10.7 Å². The standard InChI is InChI=1S/C13H23N3O2S/c14-9-12-8-13(10-15-12)19(17,18)16-7-6-11-4-2-1-3-5-11/h8,10-11,15-16H,1-7,9,14H2. The van der Waals surface area contributed by atoms with Crippen LogP contribution in [0.15, 0.2) is 17.2 Å². The van der Waals surface area contributed by atoms with Gasteiger partial charge in [-0.25, -0.2) is 13.1 Å². The molecule has 6 heteroatoms. The lowest BCUT2D eigenvalue weighted by Gasteiger charge is -2.21. The lowest BCUT2D eigenvalue weighted by atomic mass is 9.87. The largest absolute Gasteiger partial charge is 0.363 e. The second kappa shape index (κ2) is 6.54. The number of aromatic amines is 1. The third-order valence-electron chi connectivity index (χ3n) is 3.82. The van der Waals surface area contributed by atoms with E-state index in [-0.39, 0.29) is 4.90 Å². The van der Waals surface area contributed by atoms with Crippen LogP contribution in [0.2, 0.25) is 0 Å². The molecule has 1 aliphatic rings. The Morgan fingerprint density at radius 2 is 2.05 bits per heavy atom. The van der Waals surface area contributed by atoms with Gasteiger partial charge in [-0.3, -0.25) is 0 Å². The minimum Gasteiger partial charge on any atom is -0.363 e. The first kappa shape index (κ1) is 14.6. The smallest absolute Gasteiger partial charge is 0.242 e. The molecule has 2 rings (SSSR count). The fourth-order valence-electron chi connectivity index (χ4n) is 2.65. The van der Waals surface area contributed by atoms with E-state index in [0.29, 0.717) is 19.0 Å². The van der Waals surface area contributed by atoms with Crippen molar-refractivity contribution in [3.63, 3.8) is 0 Å². The monoisotopic (exact) mass is 285 g/mol. The van der Waals surface area contributed by atoms with Crippen LogP contribution in [0, 0.1) is 5.92 Å². The first-order valence-corrected chi connectivity index (χ1v) is 8.47. The normalized spacial score (nSPS) is 17.7. The van der Waals surface area contributed by atoms with Crippen molar-refractivity contribution in [3.8, 4) is 0 Å². The van der Waals surface area contributed by atoms with Crippen LogP contribution in [0.4, 0.5) is 0 Å². The van der Waals surface area contributed by atoms with Crippen LogP contribution in [0.3, 0.4) is 0 Å². The minimum atomic E-state index is -3.39. The first-order chi connectivity index (χ1) is 9.12. The van der Waals surface area contributed by atoms with Gasteiger partial charge >= 0.3 is 0 Å². The van der Waals surface area contributed by atoms with Gasteiger partial charge in [0.2, 0.25) is 10.0 Å². The molecule has 0 aliphatic heterocycles. The van der Waals surface area contributed by atoms with E-state index < -0.39 is 10.0 Å². The summed E-state index contributed by atoms with van der Waals surface area (Å²) in [4.78, 5) is 3.13. The van der Waals surface area contributed by atoms with Crippen molar-refractivity contribution in [2.75, 3.05) is 6.54 Å². The van der Waals surface area contributed by atoms with Crippen molar-refractivity contribution < 1.29 is 8.42 Å². The molecule has 0 bridgehead atoms. The molecule has 0 saturated heterocycles. The van der Waals surface area contributed by atoms with E-state index >= 15 is 0 Å². The summed E-state index contributed by atoms with van der Waals surface area (Å²) in [7, 11) is -3.39. The van der Waals surface area contributed by atoms with Gasteiger partial charge in [0.1, 0.15) is 0 Å². The third-order valence-corrected chi connectivity index (χ3v) is 5.26. The molecule has 1 fully saturated rings. The Bertz CT molecular complexity index is 490. The van der Waals surface area contributed by atoms with Gasteiger partial charge in [0.15, 0.2) is 0 Å². The number of sulfonamides is 1. The average molecular weight is 285 g/mol. The van der Waals surface area contributed by atoms with Crippen molar-refractivity contribution in [1.29, 1.82) is 0 Å². The summed E-state index contributed by atoms with van der Waals surface area (Å²) >= 11 is 0. The van der Waals surface area contributed by atoms with Crippen LogP contribution < -0.4 is 10.5 Å². The average Bonchev–Trinajstić information content (AvgIpc) is 2.89. The number of nitrogens with two attached hydrogens (primary N) is 1. The Balaban J connectivity index is 1.83. The van der Waals surface area contributed by atoms with Gasteiger partial charge in [0.25, 0.3) is 0 Å². The maximum absolute atomic E-state index is 12.0. The van der Waals surface area contributed by atoms with Gasteiger partial charge in [-0.1, -0.05) is 32.1 Å². The maximum atomic E-state index is 12.0. The van der Waals surface area contributed by atoms with E-state index in [0.717, 1.165) is 12.1 Å². The lowest BCUT2D eigenvalue weighted by molar-refractivity contribution is 0.339. The van der Waals surface area contributed by atoms with Crippen LogP contribution in [-0.4, -0.2) is 19.9 Å². The van der Waals surface area contributed by atoms with E-state index in [1.165, 1.54) is 38.3 Å². The van der Waals surface area contributed by atoms with Gasteiger partial charge in [0, 0.05) is 25.0 Å².